The molecule has 3 nitrogen and oxygen atoms in total. The van der Waals surface area contributed by atoms with E-state index < -0.39 is 0 Å². The van der Waals surface area contributed by atoms with Crippen LogP contribution in [0.3, 0.4) is 0 Å². The number of benzene rings is 2. The smallest absolute Gasteiger partial charge is 0.259 e. The van der Waals surface area contributed by atoms with Crippen LogP contribution in [0, 0.1) is 13.8 Å². The first-order valence-electron chi connectivity index (χ1n) is 7.32. The lowest BCUT2D eigenvalue weighted by molar-refractivity contribution is 0.102. The molecule has 22 heavy (non-hydrogen) atoms. The lowest BCUT2D eigenvalue weighted by Gasteiger charge is -2.13. The van der Waals surface area contributed by atoms with E-state index in [1.54, 1.807) is 6.07 Å². The van der Waals surface area contributed by atoms with Crippen LogP contribution < -0.4 is 10.1 Å². The van der Waals surface area contributed by atoms with Crippen LogP contribution in [0.15, 0.2) is 40.9 Å². The Hall–Kier alpha value is -1.81. The average molecular weight is 362 g/mol. The van der Waals surface area contributed by atoms with E-state index in [1.165, 1.54) is 5.56 Å². The molecule has 0 fully saturated rings. The van der Waals surface area contributed by atoms with Gasteiger partial charge in [0.2, 0.25) is 0 Å². The molecule has 0 aliphatic carbocycles. The summed E-state index contributed by atoms with van der Waals surface area (Å²) in [6, 6.07) is 11.4. The zero-order chi connectivity index (χ0) is 16.1. The van der Waals surface area contributed by atoms with E-state index in [-0.39, 0.29) is 5.91 Å². The van der Waals surface area contributed by atoms with Crippen molar-refractivity contribution in [3.63, 3.8) is 0 Å². The molecule has 0 atom stereocenters. The molecular weight excluding hydrogens is 342 g/mol. The molecule has 0 aliphatic heterocycles. The fraction of sp³-hybridized carbons (Fsp3) is 0.278. The van der Waals surface area contributed by atoms with Gasteiger partial charge in [0.25, 0.3) is 5.91 Å². The quantitative estimate of drug-likeness (QED) is 0.803. The number of carbonyl (C=O) groups is 1. The molecule has 0 aromatic heterocycles. The molecule has 2 rings (SSSR count). The van der Waals surface area contributed by atoms with Gasteiger partial charge in [-0.1, -0.05) is 40.5 Å². The highest BCUT2D eigenvalue weighted by Gasteiger charge is 2.14. The van der Waals surface area contributed by atoms with Crippen molar-refractivity contribution in [2.75, 3.05) is 11.9 Å². The van der Waals surface area contributed by atoms with E-state index in [4.69, 9.17) is 4.74 Å². The van der Waals surface area contributed by atoms with Gasteiger partial charge in [-0.15, -0.1) is 0 Å². The van der Waals surface area contributed by atoms with E-state index in [1.807, 2.05) is 51.1 Å². The Morgan fingerprint density at radius 3 is 2.64 bits per heavy atom. The number of ether oxygens (including phenoxy) is 1. The third kappa shape index (κ3) is 4.10. The number of amides is 1. The Balaban J connectivity index is 2.26. The second kappa shape index (κ2) is 7.45. The fourth-order valence-corrected chi connectivity index (χ4v) is 2.52. The van der Waals surface area contributed by atoms with Gasteiger partial charge < -0.3 is 10.1 Å². The van der Waals surface area contributed by atoms with Gasteiger partial charge in [-0.3, -0.25) is 4.79 Å². The molecule has 2 aromatic carbocycles. The minimum atomic E-state index is -0.167. The number of aryl methyl sites for hydroxylation is 2. The second-order valence-corrected chi connectivity index (χ2v) is 6.18. The Kier molecular flexibility index (Phi) is 5.61. The van der Waals surface area contributed by atoms with E-state index in [0.717, 1.165) is 22.1 Å². The lowest BCUT2D eigenvalue weighted by Crippen LogP contribution is -2.14. The summed E-state index contributed by atoms with van der Waals surface area (Å²) >= 11 is 3.41. The minimum absolute atomic E-state index is 0.167. The van der Waals surface area contributed by atoms with E-state index in [9.17, 15) is 4.79 Å². The zero-order valence-electron chi connectivity index (χ0n) is 13.1. The first-order chi connectivity index (χ1) is 10.5. The highest BCUT2D eigenvalue weighted by atomic mass is 79.9. The molecule has 4 heteroatoms. The Morgan fingerprint density at radius 2 is 1.95 bits per heavy atom. The standard InChI is InChI=1S/C18H20BrNO2/c1-4-9-22-17-8-6-14(19)11-15(17)18(21)20-16-7-5-12(2)10-13(16)3/h5-8,10-11H,4,9H2,1-3H3,(H,20,21). The maximum absolute atomic E-state index is 12.6. The number of hydrogen-bond acceptors (Lipinski definition) is 2. The molecule has 116 valence electrons. The Morgan fingerprint density at radius 1 is 1.18 bits per heavy atom. The summed E-state index contributed by atoms with van der Waals surface area (Å²) in [7, 11) is 0. The Bertz CT molecular complexity index is 683. The molecule has 0 saturated carbocycles. The van der Waals surface area contributed by atoms with Crippen LogP contribution in [-0.2, 0) is 0 Å². The number of rotatable bonds is 5. The summed E-state index contributed by atoms with van der Waals surface area (Å²) in [5.41, 5.74) is 3.56. The molecule has 2 aromatic rings. The third-order valence-corrected chi connectivity index (χ3v) is 3.77. The molecule has 0 spiro atoms. The monoisotopic (exact) mass is 361 g/mol. The SMILES string of the molecule is CCCOc1ccc(Br)cc1C(=O)Nc1ccc(C)cc1C. The van der Waals surface area contributed by atoms with Crippen LogP contribution in [0.4, 0.5) is 5.69 Å². The van der Waals surface area contributed by atoms with Gasteiger partial charge in [-0.05, 0) is 50.1 Å². The van der Waals surface area contributed by atoms with Crippen LogP contribution in [0.5, 0.6) is 5.75 Å². The lowest BCUT2D eigenvalue weighted by atomic mass is 10.1. The topological polar surface area (TPSA) is 38.3 Å². The molecular formula is C18H20BrNO2. The average Bonchev–Trinajstić information content (AvgIpc) is 2.48. The van der Waals surface area contributed by atoms with E-state index in [0.29, 0.717) is 17.9 Å². The van der Waals surface area contributed by atoms with Gasteiger partial charge in [0.05, 0.1) is 12.2 Å². The highest BCUT2D eigenvalue weighted by Crippen LogP contribution is 2.25. The van der Waals surface area contributed by atoms with Gasteiger partial charge in [-0.2, -0.15) is 0 Å². The summed E-state index contributed by atoms with van der Waals surface area (Å²) < 4.78 is 6.52. The summed E-state index contributed by atoms with van der Waals surface area (Å²) in [6.07, 6.45) is 0.897. The molecule has 1 amide bonds. The van der Waals surface area contributed by atoms with Crippen molar-refractivity contribution in [2.24, 2.45) is 0 Å². The van der Waals surface area contributed by atoms with E-state index >= 15 is 0 Å². The number of halogens is 1. The van der Waals surface area contributed by atoms with Crippen molar-refractivity contribution >= 4 is 27.5 Å². The molecule has 0 aliphatic rings. The number of hydrogen-bond donors (Lipinski definition) is 1. The van der Waals surface area contributed by atoms with Crippen LogP contribution in [-0.4, -0.2) is 12.5 Å². The first kappa shape index (κ1) is 16.6. The van der Waals surface area contributed by atoms with Crippen LogP contribution in [0.25, 0.3) is 0 Å². The largest absolute Gasteiger partial charge is 0.493 e. The number of carbonyl (C=O) groups excluding carboxylic acids is 1. The van der Waals surface area contributed by atoms with Crippen LogP contribution in [0.1, 0.15) is 34.8 Å². The second-order valence-electron chi connectivity index (χ2n) is 5.26. The summed E-state index contributed by atoms with van der Waals surface area (Å²) in [4.78, 5) is 12.6. The van der Waals surface area contributed by atoms with Gasteiger partial charge in [-0.25, -0.2) is 0 Å². The molecule has 1 N–H and O–H groups in total. The van der Waals surface area contributed by atoms with Gasteiger partial charge in [0.15, 0.2) is 0 Å². The third-order valence-electron chi connectivity index (χ3n) is 3.28. The van der Waals surface area contributed by atoms with Crippen molar-refractivity contribution < 1.29 is 9.53 Å². The Labute approximate surface area is 139 Å². The van der Waals surface area contributed by atoms with Gasteiger partial charge >= 0.3 is 0 Å². The fourth-order valence-electron chi connectivity index (χ4n) is 2.16. The summed E-state index contributed by atoms with van der Waals surface area (Å²) in [5.74, 6) is 0.437. The van der Waals surface area contributed by atoms with Crippen LogP contribution >= 0.6 is 15.9 Å². The van der Waals surface area contributed by atoms with E-state index in [2.05, 4.69) is 21.2 Å². The number of nitrogens with one attached hydrogen (secondary N) is 1. The predicted octanol–water partition coefficient (Wildman–Crippen LogP) is 5.11. The summed E-state index contributed by atoms with van der Waals surface area (Å²) in [6.45, 7) is 6.64. The number of anilines is 1. The zero-order valence-corrected chi connectivity index (χ0v) is 14.7. The maximum Gasteiger partial charge on any atom is 0.259 e. The molecule has 0 saturated heterocycles. The molecule has 0 unspecified atom stereocenters. The first-order valence-corrected chi connectivity index (χ1v) is 8.11. The van der Waals surface area contributed by atoms with Gasteiger partial charge in [0, 0.05) is 10.2 Å². The molecule has 0 bridgehead atoms. The molecule has 0 radical (unpaired) electrons. The molecule has 0 heterocycles. The normalized spacial score (nSPS) is 10.4. The van der Waals surface area contributed by atoms with Crippen molar-refractivity contribution in [3.8, 4) is 5.75 Å². The maximum atomic E-state index is 12.6. The predicted molar refractivity (Wildman–Crippen MR) is 93.8 cm³/mol. The minimum Gasteiger partial charge on any atom is -0.493 e. The van der Waals surface area contributed by atoms with Crippen molar-refractivity contribution in [2.45, 2.75) is 27.2 Å². The highest BCUT2D eigenvalue weighted by molar-refractivity contribution is 9.10. The van der Waals surface area contributed by atoms with Crippen molar-refractivity contribution in [3.05, 3.63) is 57.6 Å². The summed E-state index contributed by atoms with van der Waals surface area (Å²) in [5, 5.41) is 2.96. The van der Waals surface area contributed by atoms with Crippen LogP contribution in [0.2, 0.25) is 0 Å². The van der Waals surface area contributed by atoms with Crippen molar-refractivity contribution in [1.29, 1.82) is 0 Å². The van der Waals surface area contributed by atoms with Crippen molar-refractivity contribution in [1.82, 2.24) is 0 Å². The van der Waals surface area contributed by atoms with Gasteiger partial charge in [0.1, 0.15) is 5.75 Å².